The Morgan fingerprint density at radius 1 is 1.40 bits per heavy atom. The first-order valence-corrected chi connectivity index (χ1v) is 10.1. The molecule has 0 radical (unpaired) electrons. The highest BCUT2D eigenvalue weighted by Gasteiger charge is 2.34. The van der Waals surface area contributed by atoms with Crippen LogP contribution in [-0.2, 0) is 0 Å². The third-order valence-corrected chi connectivity index (χ3v) is 6.52. The fourth-order valence-corrected chi connectivity index (χ4v) is 4.32. The van der Waals surface area contributed by atoms with E-state index < -0.39 is 6.35 Å². The summed E-state index contributed by atoms with van der Waals surface area (Å²) in [6.07, 6.45) is 4.96. The van der Waals surface area contributed by atoms with Crippen molar-refractivity contribution in [1.82, 2.24) is 20.4 Å². The number of halogens is 1. The summed E-state index contributed by atoms with van der Waals surface area (Å²) in [5.41, 5.74) is -0.354. The van der Waals surface area contributed by atoms with Gasteiger partial charge >= 0.3 is 0 Å². The number of rotatable bonds is 6. The summed E-state index contributed by atoms with van der Waals surface area (Å²) < 4.78 is 0. The number of anilines is 2. The molecule has 3 atom stereocenters. The molecule has 1 aromatic rings. The molecule has 3 N–H and O–H groups in total. The smallest absolute Gasteiger partial charge is 0.210 e. The number of nitrogens with one attached hydrogen (secondary N) is 2. The fraction of sp³-hybridized carbons (Fsp3) is 0.750. The largest absolute Gasteiger partial charge is 0.361 e. The second kappa shape index (κ2) is 8.18. The highest BCUT2D eigenvalue weighted by molar-refractivity contribution is 7.19. The molecule has 1 aromatic heterocycles. The maximum absolute atomic E-state index is 10.3. The van der Waals surface area contributed by atoms with E-state index in [1.807, 2.05) is 13.0 Å². The van der Waals surface area contributed by atoms with Crippen LogP contribution in [0.3, 0.4) is 0 Å². The number of piperazine rings is 1. The summed E-state index contributed by atoms with van der Waals surface area (Å²) in [6, 6.07) is 0. The summed E-state index contributed by atoms with van der Waals surface area (Å²) >= 11 is 7.84. The molecule has 2 heterocycles. The fourth-order valence-electron chi connectivity index (χ4n) is 3.22. The van der Waals surface area contributed by atoms with Crippen molar-refractivity contribution >= 4 is 33.2 Å². The number of aliphatic hydroxyl groups is 1. The van der Waals surface area contributed by atoms with E-state index in [1.54, 1.807) is 0 Å². The highest BCUT2D eigenvalue weighted by atomic mass is 35.5. The standard InChI is InChI=1S/C16H27ClN6OS/c1-3-22-8-10-23(11-9-22)15-21-20-14(25-15)18-13(24)19-16(2)7-5-4-6-12(16)17/h4,6,12-13,19,24H,3,5,7-11H2,1-2H3,(H,18,20). The summed E-state index contributed by atoms with van der Waals surface area (Å²) in [6.45, 7) is 9.31. The van der Waals surface area contributed by atoms with E-state index >= 15 is 0 Å². The van der Waals surface area contributed by atoms with Gasteiger partial charge in [-0.25, -0.2) is 0 Å². The van der Waals surface area contributed by atoms with Gasteiger partial charge in [-0.05, 0) is 26.3 Å². The van der Waals surface area contributed by atoms with Crippen LogP contribution < -0.4 is 15.5 Å². The predicted octanol–water partition coefficient (Wildman–Crippen LogP) is 1.67. The van der Waals surface area contributed by atoms with Crippen LogP contribution in [0.2, 0.25) is 0 Å². The molecule has 1 fully saturated rings. The van der Waals surface area contributed by atoms with Crippen molar-refractivity contribution < 1.29 is 5.11 Å². The Balaban J connectivity index is 1.53. The minimum absolute atomic E-state index is 0.155. The number of hydrogen-bond donors (Lipinski definition) is 3. The van der Waals surface area contributed by atoms with Crippen molar-refractivity contribution in [2.75, 3.05) is 42.9 Å². The van der Waals surface area contributed by atoms with E-state index in [2.05, 4.69) is 43.6 Å². The molecule has 9 heteroatoms. The lowest BCUT2D eigenvalue weighted by Gasteiger charge is -2.38. The second-order valence-electron chi connectivity index (χ2n) is 6.79. The van der Waals surface area contributed by atoms with E-state index in [4.69, 9.17) is 11.6 Å². The van der Waals surface area contributed by atoms with E-state index in [0.717, 1.165) is 50.7 Å². The van der Waals surface area contributed by atoms with Crippen molar-refractivity contribution in [2.45, 2.75) is 44.0 Å². The number of aliphatic hydroxyl groups excluding tert-OH is 1. The van der Waals surface area contributed by atoms with Crippen LogP contribution in [-0.4, -0.2) is 70.2 Å². The molecule has 7 nitrogen and oxygen atoms in total. The van der Waals surface area contributed by atoms with Gasteiger partial charge in [0.2, 0.25) is 10.3 Å². The summed E-state index contributed by atoms with van der Waals surface area (Å²) in [7, 11) is 0. The van der Waals surface area contributed by atoms with Gasteiger partial charge in [0.25, 0.3) is 0 Å². The normalized spacial score (nSPS) is 29.0. The zero-order valence-corrected chi connectivity index (χ0v) is 16.4. The van der Waals surface area contributed by atoms with Crippen LogP contribution in [0.5, 0.6) is 0 Å². The molecule has 2 aliphatic rings. The maximum atomic E-state index is 10.3. The lowest BCUT2D eigenvalue weighted by Crippen LogP contribution is -2.56. The van der Waals surface area contributed by atoms with Gasteiger partial charge in [-0.2, -0.15) is 0 Å². The second-order valence-corrected chi connectivity index (χ2v) is 8.21. The van der Waals surface area contributed by atoms with Gasteiger partial charge in [0.1, 0.15) is 0 Å². The molecule has 0 bridgehead atoms. The average molecular weight is 387 g/mol. The molecule has 0 aromatic carbocycles. The molecule has 1 aliphatic heterocycles. The van der Waals surface area contributed by atoms with Crippen LogP contribution in [0, 0.1) is 0 Å². The molecule has 0 spiro atoms. The van der Waals surface area contributed by atoms with Crippen LogP contribution >= 0.6 is 22.9 Å². The molecule has 3 unspecified atom stereocenters. The Labute approximate surface area is 158 Å². The lowest BCUT2D eigenvalue weighted by atomic mass is 9.87. The molecule has 1 aliphatic carbocycles. The predicted molar refractivity (Wildman–Crippen MR) is 103 cm³/mol. The first kappa shape index (κ1) is 18.8. The summed E-state index contributed by atoms with van der Waals surface area (Å²) in [4.78, 5) is 4.67. The van der Waals surface area contributed by atoms with Gasteiger partial charge in [0, 0.05) is 31.7 Å². The van der Waals surface area contributed by atoms with E-state index in [9.17, 15) is 5.11 Å². The van der Waals surface area contributed by atoms with Crippen molar-refractivity contribution in [3.05, 3.63) is 12.2 Å². The van der Waals surface area contributed by atoms with E-state index in [0.29, 0.717) is 5.13 Å². The van der Waals surface area contributed by atoms with Crippen molar-refractivity contribution in [3.8, 4) is 0 Å². The van der Waals surface area contributed by atoms with Crippen LogP contribution in [0.1, 0.15) is 26.7 Å². The third-order valence-electron chi connectivity index (χ3n) is 4.98. The quantitative estimate of drug-likeness (QED) is 0.390. The zero-order valence-electron chi connectivity index (χ0n) is 14.8. The minimum Gasteiger partial charge on any atom is -0.361 e. The Morgan fingerprint density at radius 2 is 2.16 bits per heavy atom. The van der Waals surface area contributed by atoms with Gasteiger partial charge < -0.3 is 20.2 Å². The molecule has 0 saturated carbocycles. The first-order valence-electron chi connectivity index (χ1n) is 8.84. The Morgan fingerprint density at radius 3 is 2.84 bits per heavy atom. The topological polar surface area (TPSA) is 76.6 Å². The van der Waals surface area contributed by atoms with Crippen LogP contribution in [0.15, 0.2) is 12.2 Å². The number of allylic oxidation sites excluding steroid dienone is 1. The molecular formula is C16H27ClN6OS. The molecule has 0 amide bonds. The number of alkyl halides is 1. The van der Waals surface area contributed by atoms with Crippen molar-refractivity contribution in [2.24, 2.45) is 0 Å². The number of hydrogen-bond acceptors (Lipinski definition) is 8. The maximum Gasteiger partial charge on any atom is 0.210 e. The number of nitrogens with zero attached hydrogens (tertiary/aromatic N) is 4. The first-order chi connectivity index (χ1) is 12.0. The summed E-state index contributed by atoms with van der Waals surface area (Å²) in [5, 5.41) is 26.3. The Hall–Kier alpha value is -0.930. The van der Waals surface area contributed by atoms with Gasteiger partial charge in [0.15, 0.2) is 6.35 Å². The Bertz CT molecular complexity index is 591. The van der Waals surface area contributed by atoms with Crippen molar-refractivity contribution in [3.63, 3.8) is 0 Å². The molecule has 140 valence electrons. The number of aromatic nitrogens is 2. The SMILES string of the molecule is CCN1CCN(c2nnc(NC(O)NC3(C)CCC=CC3Cl)s2)CC1. The van der Waals surface area contributed by atoms with E-state index in [-0.39, 0.29) is 10.9 Å². The molecular weight excluding hydrogens is 360 g/mol. The van der Waals surface area contributed by atoms with Crippen molar-refractivity contribution in [1.29, 1.82) is 0 Å². The monoisotopic (exact) mass is 386 g/mol. The van der Waals surface area contributed by atoms with E-state index in [1.165, 1.54) is 11.3 Å². The minimum atomic E-state index is -0.921. The van der Waals surface area contributed by atoms with Gasteiger partial charge in [-0.3, -0.25) is 5.32 Å². The average Bonchev–Trinajstić information content (AvgIpc) is 3.06. The van der Waals surface area contributed by atoms with Gasteiger partial charge in [0.05, 0.1) is 5.38 Å². The zero-order chi connectivity index (χ0) is 17.9. The Kier molecular flexibility index (Phi) is 6.17. The van der Waals surface area contributed by atoms with Crippen LogP contribution in [0.25, 0.3) is 0 Å². The highest BCUT2D eigenvalue weighted by Crippen LogP contribution is 2.29. The van der Waals surface area contributed by atoms with Crippen LogP contribution in [0.4, 0.5) is 10.3 Å². The van der Waals surface area contributed by atoms with Gasteiger partial charge in [-0.1, -0.05) is 30.4 Å². The lowest BCUT2D eigenvalue weighted by molar-refractivity contribution is 0.116. The number of likely N-dealkylation sites (N-methyl/N-ethyl adjacent to an activating group) is 1. The molecule has 3 rings (SSSR count). The third kappa shape index (κ3) is 4.62. The van der Waals surface area contributed by atoms with Gasteiger partial charge in [-0.15, -0.1) is 21.8 Å². The molecule has 1 saturated heterocycles. The molecule has 25 heavy (non-hydrogen) atoms. The summed E-state index contributed by atoms with van der Waals surface area (Å²) in [5.74, 6) is 0.